The van der Waals surface area contributed by atoms with Gasteiger partial charge in [-0.3, -0.25) is 9.78 Å². The minimum atomic E-state index is -0.698. The van der Waals surface area contributed by atoms with Crippen molar-refractivity contribution in [1.82, 2.24) is 15.0 Å². The second-order valence-electron chi connectivity index (χ2n) is 9.34. The van der Waals surface area contributed by atoms with Crippen LogP contribution in [0.15, 0.2) is 36.8 Å². The smallest absolute Gasteiger partial charge is 0.306 e. The van der Waals surface area contributed by atoms with E-state index in [0.717, 1.165) is 39.2 Å². The number of carboxylic acids is 1. The summed E-state index contributed by atoms with van der Waals surface area (Å²) in [6.45, 7) is 3.48. The molecule has 0 aromatic carbocycles. The van der Waals surface area contributed by atoms with Crippen LogP contribution >= 0.6 is 0 Å². The second-order valence-corrected chi connectivity index (χ2v) is 9.34. The summed E-state index contributed by atoms with van der Waals surface area (Å²) in [5.41, 5.74) is 3.06. The van der Waals surface area contributed by atoms with Crippen LogP contribution in [0.3, 0.4) is 0 Å². The first-order valence-corrected chi connectivity index (χ1v) is 12.0. The van der Waals surface area contributed by atoms with Crippen LogP contribution in [0.5, 0.6) is 0 Å². The molecule has 1 aliphatic carbocycles. The van der Waals surface area contributed by atoms with Gasteiger partial charge in [-0.25, -0.2) is 9.97 Å². The maximum Gasteiger partial charge on any atom is 0.306 e. The maximum atomic E-state index is 11.4. The number of carboxylic acid groups (broad SMARTS) is 1. The molecule has 0 bridgehead atoms. The highest BCUT2D eigenvalue weighted by Crippen LogP contribution is 2.35. The van der Waals surface area contributed by atoms with Crippen molar-refractivity contribution in [3.05, 3.63) is 42.4 Å². The average Bonchev–Trinajstić information content (AvgIpc) is 2.85. The number of carbonyl (C=O) groups is 1. The first-order valence-electron chi connectivity index (χ1n) is 12.0. The van der Waals surface area contributed by atoms with E-state index in [2.05, 4.69) is 33.2 Å². The number of piperidine rings is 1. The van der Waals surface area contributed by atoms with Gasteiger partial charge < -0.3 is 15.3 Å². The molecule has 0 amide bonds. The number of nitrogens with one attached hydrogen (secondary N) is 1. The van der Waals surface area contributed by atoms with Gasteiger partial charge in [-0.05, 0) is 56.4 Å². The summed E-state index contributed by atoms with van der Waals surface area (Å²) in [5, 5.41) is 15.2. The zero-order chi connectivity index (χ0) is 22.8. The van der Waals surface area contributed by atoms with Crippen LogP contribution in [0.25, 0.3) is 22.0 Å². The molecule has 33 heavy (non-hydrogen) atoms. The van der Waals surface area contributed by atoms with Gasteiger partial charge >= 0.3 is 5.97 Å². The van der Waals surface area contributed by atoms with E-state index >= 15 is 0 Å². The topological polar surface area (TPSA) is 91.2 Å². The molecule has 0 unspecified atom stereocenters. The van der Waals surface area contributed by atoms with Crippen molar-refractivity contribution >= 4 is 28.4 Å². The predicted molar refractivity (Wildman–Crippen MR) is 131 cm³/mol. The zero-order valence-electron chi connectivity index (χ0n) is 19.1. The van der Waals surface area contributed by atoms with Crippen LogP contribution in [0, 0.1) is 12.8 Å². The fraction of sp³-hybridized carbons (Fsp3) is 0.462. The molecule has 3 aromatic rings. The minimum Gasteiger partial charge on any atom is -0.481 e. The molecule has 4 heterocycles. The van der Waals surface area contributed by atoms with Crippen molar-refractivity contribution in [1.29, 1.82) is 0 Å². The second kappa shape index (κ2) is 9.33. The highest BCUT2D eigenvalue weighted by atomic mass is 16.4. The molecule has 2 aliphatic rings. The first kappa shape index (κ1) is 21.6. The maximum absolute atomic E-state index is 11.4. The van der Waals surface area contributed by atoms with E-state index < -0.39 is 5.97 Å². The van der Waals surface area contributed by atoms with Crippen LogP contribution < -0.4 is 10.2 Å². The third kappa shape index (κ3) is 4.49. The van der Waals surface area contributed by atoms with E-state index in [0.29, 0.717) is 32.0 Å². The summed E-state index contributed by atoms with van der Waals surface area (Å²) in [4.78, 5) is 27.7. The van der Waals surface area contributed by atoms with Crippen LogP contribution in [0.2, 0.25) is 0 Å². The van der Waals surface area contributed by atoms with Gasteiger partial charge in [-0.15, -0.1) is 0 Å². The Bertz CT molecular complexity index is 1150. The van der Waals surface area contributed by atoms with Gasteiger partial charge in [0.2, 0.25) is 0 Å². The standard InChI is InChI=1S/C26H31N5O2/c1-17-22-16-27-11-8-21(22)25(31-13-9-18(10-14-31)26(32)33)30-24(17)19-7-12-28-23(15-19)29-20-5-3-2-4-6-20/h7-8,11-12,15-16,18,20H,2-6,9-10,13-14H2,1H3,(H,28,29)(H,32,33). The minimum absolute atomic E-state index is 0.271. The Labute approximate surface area is 194 Å². The lowest BCUT2D eigenvalue weighted by molar-refractivity contribution is -0.142. The largest absolute Gasteiger partial charge is 0.481 e. The number of aryl methyl sites for hydroxylation is 1. The van der Waals surface area contributed by atoms with E-state index in [1.807, 2.05) is 24.5 Å². The van der Waals surface area contributed by atoms with E-state index in [9.17, 15) is 9.90 Å². The highest BCUT2D eigenvalue weighted by Gasteiger charge is 2.27. The van der Waals surface area contributed by atoms with Crippen LogP contribution in [0.4, 0.5) is 11.6 Å². The number of fused-ring (bicyclic) bond motifs is 1. The van der Waals surface area contributed by atoms with Crippen molar-refractivity contribution < 1.29 is 9.90 Å². The molecule has 0 radical (unpaired) electrons. The van der Waals surface area contributed by atoms with Crippen molar-refractivity contribution in [3.63, 3.8) is 0 Å². The Morgan fingerprint density at radius 3 is 2.61 bits per heavy atom. The molecule has 2 N–H and O–H groups in total. The average molecular weight is 446 g/mol. The number of nitrogens with zero attached hydrogens (tertiary/aromatic N) is 4. The lowest BCUT2D eigenvalue weighted by Gasteiger charge is -2.32. The Balaban J connectivity index is 1.51. The number of hydrogen-bond acceptors (Lipinski definition) is 6. The lowest BCUT2D eigenvalue weighted by Crippen LogP contribution is -2.37. The first-order chi connectivity index (χ1) is 16.1. The zero-order valence-corrected chi connectivity index (χ0v) is 19.1. The third-order valence-electron chi connectivity index (χ3n) is 7.17. The number of aromatic nitrogens is 3. The SMILES string of the molecule is Cc1c(-c2ccnc(NC3CCCCC3)c2)nc(N2CCC(C(=O)O)CC2)c2ccncc12. The van der Waals surface area contributed by atoms with Gasteiger partial charge in [-0.2, -0.15) is 0 Å². The van der Waals surface area contributed by atoms with Gasteiger partial charge in [0, 0.05) is 54.1 Å². The molecular weight excluding hydrogens is 414 g/mol. The van der Waals surface area contributed by atoms with Crippen molar-refractivity contribution in [2.45, 2.75) is 57.9 Å². The number of pyridine rings is 3. The molecule has 3 aromatic heterocycles. The molecule has 1 saturated carbocycles. The summed E-state index contributed by atoms with van der Waals surface area (Å²) in [5.74, 6) is 0.843. The molecule has 7 nitrogen and oxygen atoms in total. The Morgan fingerprint density at radius 1 is 1.06 bits per heavy atom. The lowest BCUT2D eigenvalue weighted by atomic mass is 9.95. The fourth-order valence-corrected chi connectivity index (χ4v) is 5.24. The van der Waals surface area contributed by atoms with Gasteiger partial charge in [0.05, 0.1) is 11.6 Å². The van der Waals surface area contributed by atoms with Crippen molar-refractivity contribution in [2.24, 2.45) is 5.92 Å². The fourth-order valence-electron chi connectivity index (χ4n) is 5.24. The Hall–Kier alpha value is -3.22. The molecule has 1 aliphatic heterocycles. The van der Waals surface area contributed by atoms with E-state index in [1.165, 1.54) is 32.1 Å². The van der Waals surface area contributed by atoms with E-state index in [4.69, 9.17) is 4.98 Å². The summed E-state index contributed by atoms with van der Waals surface area (Å²) < 4.78 is 0. The quantitative estimate of drug-likeness (QED) is 0.568. The normalized spacial score (nSPS) is 17.9. The summed E-state index contributed by atoms with van der Waals surface area (Å²) in [7, 11) is 0. The van der Waals surface area contributed by atoms with Crippen LogP contribution in [0.1, 0.15) is 50.5 Å². The number of aliphatic carboxylic acids is 1. The van der Waals surface area contributed by atoms with E-state index in [1.54, 1.807) is 6.20 Å². The van der Waals surface area contributed by atoms with Gasteiger partial charge in [-0.1, -0.05) is 19.3 Å². The van der Waals surface area contributed by atoms with Crippen LogP contribution in [-0.4, -0.2) is 45.2 Å². The third-order valence-corrected chi connectivity index (χ3v) is 7.17. The summed E-state index contributed by atoms with van der Waals surface area (Å²) in [6, 6.07) is 6.62. The molecule has 0 atom stereocenters. The molecular formula is C26H31N5O2. The van der Waals surface area contributed by atoms with Crippen molar-refractivity contribution in [3.8, 4) is 11.3 Å². The van der Waals surface area contributed by atoms with Crippen molar-refractivity contribution in [2.75, 3.05) is 23.3 Å². The summed E-state index contributed by atoms with van der Waals surface area (Å²) in [6.07, 6.45) is 13.1. The Morgan fingerprint density at radius 2 is 1.85 bits per heavy atom. The molecule has 2 fully saturated rings. The monoisotopic (exact) mass is 445 g/mol. The number of anilines is 2. The predicted octanol–water partition coefficient (Wildman–Crippen LogP) is 5.05. The number of hydrogen-bond donors (Lipinski definition) is 2. The van der Waals surface area contributed by atoms with E-state index in [-0.39, 0.29) is 5.92 Å². The molecule has 0 spiro atoms. The number of rotatable bonds is 5. The highest BCUT2D eigenvalue weighted by molar-refractivity contribution is 5.97. The molecule has 5 rings (SSSR count). The Kier molecular flexibility index (Phi) is 6.11. The van der Waals surface area contributed by atoms with Crippen LogP contribution in [-0.2, 0) is 4.79 Å². The van der Waals surface area contributed by atoms with Gasteiger partial charge in [0.15, 0.2) is 0 Å². The van der Waals surface area contributed by atoms with Gasteiger partial charge in [0.1, 0.15) is 11.6 Å². The molecule has 1 saturated heterocycles. The molecule has 172 valence electrons. The summed E-state index contributed by atoms with van der Waals surface area (Å²) >= 11 is 0. The molecule has 7 heteroatoms. The van der Waals surface area contributed by atoms with Gasteiger partial charge in [0.25, 0.3) is 0 Å².